The third-order valence-electron chi connectivity index (χ3n) is 7.36. The van der Waals surface area contributed by atoms with Gasteiger partial charge in [-0.15, -0.1) is 24.8 Å². The van der Waals surface area contributed by atoms with Crippen LogP contribution in [0.15, 0.2) is 18.2 Å². The zero-order valence-corrected chi connectivity index (χ0v) is 19.2. The molecule has 3 saturated heterocycles. The number of piperidine rings is 3. The second kappa shape index (κ2) is 9.35. The normalized spacial score (nSPS) is 24.9. The lowest BCUT2D eigenvalue weighted by molar-refractivity contribution is -0.136. The molecule has 1 spiro atoms. The summed E-state index contributed by atoms with van der Waals surface area (Å²) in [5.41, 5.74) is 3.35. The van der Waals surface area contributed by atoms with E-state index in [2.05, 4.69) is 21.6 Å². The van der Waals surface area contributed by atoms with Crippen LogP contribution in [0.5, 0.6) is 0 Å². The standard InChI is InChI=1S/C22H28N4O3.2ClH/c27-19-4-3-18(20(28)24-19)26-14-15-13-16(1-2-17(15)21(26)29)25-11-7-22(8-12-25)5-9-23-10-6-22;;/h1-2,13,18,23H,3-12,14H2,(H,24,27,28);2*1H. The van der Waals surface area contributed by atoms with Crippen LogP contribution in [0.3, 0.4) is 0 Å². The van der Waals surface area contributed by atoms with Crippen molar-refractivity contribution in [3.8, 4) is 0 Å². The lowest BCUT2D eigenvalue weighted by atomic mass is 9.71. The van der Waals surface area contributed by atoms with Gasteiger partial charge in [-0.3, -0.25) is 19.7 Å². The summed E-state index contributed by atoms with van der Waals surface area (Å²) in [5.74, 6) is -0.714. The number of halogens is 2. The first-order valence-corrected chi connectivity index (χ1v) is 10.8. The minimum Gasteiger partial charge on any atom is -0.371 e. The summed E-state index contributed by atoms with van der Waals surface area (Å²) in [7, 11) is 0. The molecule has 2 N–H and O–H groups in total. The fourth-order valence-electron chi connectivity index (χ4n) is 5.45. The number of nitrogens with one attached hydrogen (secondary N) is 2. The van der Waals surface area contributed by atoms with E-state index in [-0.39, 0.29) is 49.0 Å². The molecular formula is C22H30Cl2N4O3. The van der Waals surface area contributed by atoms with E-state index < -0.39 is 6.04 Å². The van der Waals surface area contributed by atoms with E-state index in [0.717, 1.165) is 31.7 Å². The van der Waals surface area contributed by atoms with Crippen LogP contribution in [-0.2, 0) is 16.1 Å². The lowest BCUT2D eigenvalue weighted by Crippen LogP contribution is -2.52. The Labute approximate surface area is 195 Å². The number of carbonyl (C=O) groups is 3. The molecule has 0 aliphatic carbocycles. The summed E-state index contributed by atoms with van der Waals surface area (Å²) < 4.78 is 0. The number of rotatable bonds is 2. The van der Waals surface area contributed by atoms with Gasteiger partial charge in [-0.1, -0.05) is 0 Å². The summed E-state index contributed by atoms with van der Waals surface area (Å²) in [4.78, 5) is 40.5. The summed E-state index contributed by atoms with van der Waals surface area (Å²) in [6, 6.07) is 5.53. The molecule has 1 aromatic rings. The fourth-order valence-corrected chi connectivity index (χ4v) is 5.45. The van der Waals surface area contributed by atoms with E-state index in [4.69, 9.17) is 0 Å². The monoisotopic (exact) mass is 468 g/mol. The third kappa shape index (κ3) is 4.41. The number of benzene rings is 1. The molecular weight excluding hydrogens is 439 g/mol. The molecule has 7 nitrogen and oxygen atoms in total. The van der Waals surface area contributed by atoms with Crippen molar-refractivity contribution in [3.05, 3.63) is 29.3 Å². The molecule has 4 heterocycles. The Balaban J connectivity index is 0.00000136. The van der Waals surface area contributed by atoms with Gasteiger partial charge in [0.25, 0.3) is 5.91 Å². The Bertz CT molecular complexity index is 862. The van der Waals surface area contributed by atoms with Crippen LogP contribution in [0.2, 0.25) is 0 Å². The lowest BCUT2D eigenvalue weighted by Gasteiger charge is -2.45. The highest BCUT2D eigenvalue weighted by molar-refractivity contribution is 6.05. The Morgan fingerprint density at radius 3 is 2.35 bits per heavy atom. The summed E-state index contributed by atoms with van der Waals surface area (Å²) in [6.45, 7) is 4.83. The molecule has 1 aromatic carbocycles. The first-order valence-electron chi connectivity index (χ1n) is 10.8. The molecule has 4 aliphatic heterocycles. The molecule has 0 radical (unpaired) electrons. The van der Waals surface area contributed by atoms with Gasteiger partial charge in [-0.05, 0) is 74.4 Å². The molecule has 3 amide bonds. The van der Waals surface area contributed by atoms with Gasteiger partial charge < -0.3 is 15.1 Å². The average molecular weight is 469 g/mol. The third-order valence-corrected chi connectivity index (χ3v) is 7.36. The predicted octanol–water partition coefficient (Wildman–Crippen LogP) is 2.26. The van der Waals surface area contributed by atoms with E-state index in [9.17, 15) is 14.4 Å². The minimum absolute atomic E-state index is 0. The van der Waals surface area contributed by atoms with Gasteiger partial charge in [0.15, 0.2) is 0 Å². The Kier molecular flexibility index (Phi) is 7.18. The maximum atomic E-state index is 12.9. The fraction of sp³-hybridized carbons (Fsp3) is 0.591. The van der Waals surface area contributed by atoms with Crippen LogP contribution < -0.4 is 15.5 Å². The highest BCUT2D eigenvalue weighted by atomic mass is 35.5. The molecule has 5 rings (SSSR count). The molecule has 3 fully saturated rings. The molecule has 0 aromatic heterocycles. The smallest absolute Gasteiger partial charge is 0.255 e. The maximum Gasteiger partial charge on any atom is 0.255 e. The zero-order valence-electron chi connectivity index (χ0n) is 17.5. The Morgan fingerprint density at radius 1 is 0.968 bits per heavy atom. The van der Waals surface area contributed by atoms with Crippen LogP contribution in [0.25, 0.3) is 0 Å². The van der Waals surface area contributed by atoms with Crippen molar-refractivity contribution < 1.29 is 14.4 Å². The molecule has 31 heavy (non-hydrogen) atoms. The van der Waals surface area contributed by atoms with E-state index in [1.165, 1.54) is 31.4 Å². The number of hydrogen-bond donors (Lipinski definition) is 2. The van der Waals surface area contributed by atoms with Crippen molar-refractivity contribution in [1.82, 2.24) is 15.5 Å². The van der Waals surface area contributed by atoms with Gasteiger partial charge in [0, 0.05) is 37.3 Å². The topological polar surface area (TPSA) is 81.8 Å². The van der Waals surface area contributed by atoms with Gasteiger partial charge in [0.05, 0.1) is 0 Å². The minimum atomic E-state index is -0.550. The van der Waals surface area contributed by atoms with Gasteiger partial charge in [0.2, 0.25) is 11.8 Å². The molecule has 1 unspecified atom stereocenters. The quantitative estimate of drug-likeness (QED) is 0.650. The second-order valence-electron chi connectivity index (χ2n) is 8.98. The highest BCUT2D eigenvalue weighted by Gasteiger charge is 2.40. The molecule has 170 valence electrons. The van der Waals surface area contributed by atoms with Crippen LogP contribution in [0.1, 0.15) is 54.4 Å². The zero-order chi connectivity index (χ0) is 20.0. The van der Waals surface area contributed by atoms with Crippen LogP contribution >= 0.6 is 24.8 Å². The number of hydrogen-bond acceptors (Lipinski definition) is 5. The number of amides is 3. The first kappa shape index (κ1) is 23.8. The highest BCUT2D eigenvalue weighted by Crippen LogP contribution is 2.41. The van der Waals surface area contributed by atoms with Crippen molar-refractivity contribution in [1.29, 1.82) is 0 Å². The number of nitrogens with zero attached hydrogens (tertiary/aromatic N) is 2. The average Bonchev–Trinajstić information content (AvgIpc) is 3.05. The second-order valence-corrected chi connectivity index (χ2v) is 8.98. The van der Waals surface area contributed by atoms with Gasteiger partial charge in [0.1, 0.15) is 6.04 Å². The molecule has 9 heteroatoms. The molecule has 0 saturated carbocycles. The van der Waals surface area contributed by atoms with Crippen molar-refractivity contribution in [3.63, 3.8) is 0 Å². The SMILES string of the molecule is Cl.Cl.O=C1CCC(N2Cc3cc(N4CCC5(CCNCC5)CC4)ccc3C2=O)C(=O)N1. The number of anilines is 1. The molecule has 1 atom stereocenters. The van der Waals surface area contributed by atoms with E-state index in [0.29, 0.717) is 23.9 Å². The first-order chi connectivity index (χ1) is 14.0. The van der Waals surface area contributed by atoms with Crippen LogP contribution in [-0.4, -0.2) is 54.8 Å². The Hall–Kier alpha value is -1.83. The van der Waals surface area contributed by atoms with E-state index in [1.54, 1.807) is 4.90 Å². The van der Waals surface area contributed by atoms with Gasteiger partial charge in [-0.2, -0.15) is 0 Å². The van der Waals surface area contributed by atoms with Gasteiger partial charge in [-0.25, -0.2) is 0 Å². The van der Waals surface area contributed by atoms with Gasteiger partial charge >= 0.3 is 0 Å². The van der Waals surface area contributed by atoms with Crippen molar-refractivity contribution >= 4 is 48.2 Å². The van der Waals surface area contributed by atoms with Crippen molar-refractivity contribution in [2.24, 2.45) is 5.41 Å². The molecule has 0 bridgehead atoms. The largest absolute Gasteiger partial charge is 0.371 e. The van der Waals surface area contributed by atoms with E-state index in [1.807, 2.05) is 12.1 Å². The number of fused-ring (bicyclic) bond motifs is 1. The number of carbonyl (C=O) groups excluding carboxylic acids is 3. The Morgan fingerprint density at radius 2 is 1.68 bits per heavy atom. The summed E-state index contributed by atoms with van der Waals surface area (Å²) in [5, 5.41) is 5.83. The van der Waals surface area contributed by atoms with Crippen LogP contribution in [0, 0.1) is 5.41 Å². The maximum absolute atomic E-state index is 12.9. The predicted molar refractivity (Wildman–Crippen MR) is 123 cm³/mol. The van der Waals surface area contributed by atoms with Crippen LogP contribution in [0.4, 0.5) is 5.69 Å². The van der Waals surface area contributed by atoms with Crippen molar-refractivity contribution in [2.45, 2.75) is 51.1 Å². The molecule has 4 aliphatic rings. The van der Waals surface area contributed by atoms with E-state index >= 15 is 0 Å². The van der Waals surface area contributed by atoms with Crippen molar-refractivity contribution in [2.75, 3.05) is 31.1 Å². The summed E-state index contributed by atoms with van der Waals surface area (Å²) >= 11 is 0. The summed E-state index contributed by atoms with van der Waals surface area (Å²) in [6.07, 6.45) is 5.70. The number of imide groups is 1.